The number of fused-ring (bicyclic) bond motifs is 1. The highest BCUT2D eigenvalue weighted by molar-refractivity contribution is 7.98. The van der Waals surface area contributed by atoms with Crippen LogP contribution in [-0.4, -0.2) is 52.0 Å². The maximum absolute atomic E-state index is 13.3. The summed E-state index contributed by atoms with van der Waals surface area (Å²) in [7, 11) is 0. The minimum absolute atomic E-state index is 0.0318. The third kappa shape index (κ3) is 5.41. The van der Waals surface area contributed by atoms with E-state index in [0.29, 0.717) is 55.4 Å². The van der Waals surface area contributed by atoms with Gasteiger partial charge in [-0.1, -0.05) is 17.3 Å². The van der Waals surface area contributed by atoms with Gasteiger partial charge in [0.1, 0.15) is 11.3 Å². The monoisotopic (exact) mass is 516 g/mol. The van der Waals surface area contributed by atoms with Gasteiger partial charge in [-0.15, -0.1) is 11.8 Å². The molecule has 4 aromatic rings. The minimum Gasteiger partial charge on any atom is -0.439 e. The fourth-order valence-electron chi connectivity index (χ4n) is 4.09. The number of rotatable bonds is 6. The van der Waals surface area contributed by atoms with Crippen molar-refractivity contribution in [3.8, 4) is 0 Å². The number of benzene rings is 2. The van der Waals surface area contributed by atoms with Gasteiger partial charge in [-0.3, -0.25) is 9.69 Å². The first-order valence-corrected chi connectivity index (χ1v) is 12.4. The standard InChI is InChI=1S/C25H23F3N4O3S/c1-16-12-18(30-35-16)15-36-22-5-3-2-4-19(22)24(33)32-10-8-31(9-11-32)14-23-29-20-7-6-17(25(26,27)28)13-21(20)34-23/h2-7,12-13H,8-11,14-15H2,1H3. The Bertz CT molecular complexity index is 1380. The molecule has 1 fully saturated rings. The summed E-state index contributed by atoms with van der Waals surface area (Å²) in [6.07, 6.45) is -4.43. The van der Waals surface area contributed by atoms with E-state index in [1.165, 1.54) is 6.07 Å². The van der Waals surface area contributed by atoms with Gasteiger partial charge in [0, 0.05) is 42.9 Å². The van der Waals surface area contributed by atoms with Crippen LogP contribution in [0.2, 0.25) is 0 Å². The largest absolute Gasteiger partial charge is 0.439 e. The van der Waals surface area contributed by atoms with Gasteiger partial charge in [0.05, 0.1) is 23.4 Å². The fraction of sp³-hybridized carbons (Fsp3) is 0.320. The van der Waals surface area contributed by atoms with E-state index < -0.39 is 11.7 Å². The zero-order valence-corrected chi connectivity index (χ0v) is 20.2. The van der Waals surface area contributed by atoms with Crippen molar-refractivity contribution >= 4 is 28.8 Å². The quantitative estimate of drug-likeness (QED) is 0.318. The van der Waals surface area contributed by atoms with E-state index in [1.807, 2.05) is 42.2 Å². The van der Waals surface area contributed by atoms with Crippen molar-refractivity contribution in [2.24, 2.45) is 0 Å². The molecular formula is C25H23F3N4O3S. The van der Waals surface area contributed by atoms with Crippen LogP contribution in [0.25, 0.3) is 11.1 Å². The fourth-order valence-corrected chi connectivity index (χ4v) is 5.02. The van der Waals surface area contributed by atoms with Crippen molar-refractivity contribution in [2.45, 2.75) is 30.3 Å². The van der Waals surface area contributed by atoms with E-state index in [-0.39, 0.29) is 11.5 Å². The molecule has 0 atom stereocenters. The number of amides is 1. The number of aryl methyl sites for hydroxylation is 1. The Labute approximate surface area is 209 Å². The van der Waals surface area contributed by atoms with Crippen LogP contribution in [0.5, 0.6) is 0 Å². The summed E-state index contributed by atoms with van der Waals surface area (Å²) in [5.41, 5.74) is 1.21. The average Bonchev–Trinajstić information content (AvgIpc) is 3.47. The van der Waals surface area contributed by atoms with Crippen molar-refractivity contribution in [1.29, 1.82) is 0 Å². The Kier molecular flexibility index (Phi) is 6.76. The lowest BCUT2D eigenvalue weighted by Crippen LogP contribution is -2.48. The van der Waals surface area contributed by atoms with Gasteiger partial charge in [0.25, 0.3) is 5.91 Å². The number of oxazole rings is 1. The van der Waals surface area contributed by atoms with E-state index in [1.54, 1.807) is 11.8 Å². The molecule has 188 valence electrons. The second-order valence-electron chi connectivity index (χ2n) is 8.57. The highest BCUT2D eigenvalue weighted by atomic mass is 32.2. The highest BCUT2D eigenvalue weighted by Gasteiger charge is 2.31. The van der Waals surface area contributed by atoms with E-state index in [4.69, 9.17) is 8.94 Å². The molecule has 7 nitrogen and oxygen atoms in total. The molecule has 5 rings (SSSR count). The normalized spacial score (nSPS) is 15.1. The molecule has 0 N–H and O–H groups in total. The number of halogens is 3. The Morgan fingerprint density at radius 2 is 1.86 bits per heavy atom. The zero-order valence-electron chi connectivity index (χ0n) is 19.4. The second kappa shape index (κ2) is 9.98. The van der Waals surface area contributed by atoms with Crippen molar-refractivity contribution < 1.29 is 26.9 Å². The third-order valence-corrected chi connectivity index (χ3v) is 7.06. The number of thioether (sulfide) groups is 1. The molecule has 36 heavy (non-hydrogen) atoms. The Balaban J connectivity index is 1.19. The molecule has 0 aliphatic carbocycles. The van der Waals surface area contributed by atoms with Crippen LogP contribution < -0.4 is 0 Å². The molecule has 1 saturated heterocycles. The maximum Gasteiger partial charge on any atom is 0.416 e. The van der Waals surface area contributed by atoms with Crippen LogP contribution >= 0.6 is 11.8 Å². The Hall–Kier alpha value is -3.31. The van der Waals surface area contributed by atoms with Crippen LogP contribution in [0.15, 0.2) is 62.4 Å². The molecule has 11 heteroatoms. The summed E-state index contributed by atoms with van der Waals surface area (Å²) in [5, 5.41) is 4.01. The number of piperazine rings is 1. The molecule has 0 bridgehead atoms. The van der Waals surface area contributed by atoms with Crippen LogP contribution in [0.3, 0.4) is 0 Å². The molecule has 3 heterocycles. The van der Waals surface area contributed by atoms with Gasteiger partial charge in [0.15, 0.2) is 5.58 Å². The van der Waals surface area contributed by atoms with E-state index in [0.717, 1.165) is 28.5 Å². The lowest BCUT2D eigenvalue weighted by Gasteiger charge is -2.34. The van der Waals surface area contributed by atoms with Crippen molar-refractivity contribution in [3.05, 3.63) is 77.0 Å². The summed E-state index contributed by atoms with van der Waals surface area (Å²) in [4.78, 5) is 22.4. The molecule has 0 spiro atoms. The Morgan fingerprint density at radius 3 is 2.58 bits per heavy atom. The summed E-state index contributed by atoms with van der Waals surface area (Å²) in [6.45, 7) is 4.46. The van der Waals surface area contributed by atoms with Crippen LogP contribution in [0.4, 0.5) is 13.2 Å². The summed E-state index contributed by atoms with van der Waals surface area (Å²) < 4.78 is 49.6. The van der Waals surface area contributed by atoms with Crippen molar-refractivity contribution in [1.82, 2.24) is 19.9 Å². The molecule has 1 amide bonds. The zero-order chi connectivity index (χ0) is 25.3. The van der Waals surface area contributed by atoms with Gasteiger partial charge < -0.3 is 13.8 Å². The molecule has 0 unspecified atom stereocenters. The number of aromatic nitrogens is 2. The minimum atomic E-state index is -4.43. The van der Waals surface area contributed by atoms with E-state index in [2.05, 4.69) is 15.0 Å². The second-order valence-corrected chi connectivity index (χ2v) is 9.59. The van der Waals surface area contributed by atoms with Crippen molar-refractivity contribution in [2.75, 3.05) is 26.2 Å². The van der Waals surface area contributed by atoms with Gasteiger partial charge in [-0.05, 0) is 37.3 Å². The number of carbonyl (C=O) groups excluding carboxylic acids is 1. The third-order valence-electron chi connectivity index (χ3n) is 5.95. The van der Waals surface area contributed by atoms with Gasteiger partial charge >= 0.3 is 6.18 Å². The van der Waals surface area contributed by atoms with Crippen LogP contribution in [-0.2, 0) is 18.5 Å². The SMILES string of the molecule is Cc1cc(CSc2ccccc2C(=O)N2CCN(Cc3nc4ccc(C(F)(F)F)cc4o3)CC2)no1. The molecule has 2 aromatic heterocycles. The summed E-state index contributed by atoms with van der Waals surface area (Å²) in [6, 6.07) is 12.7. The number of nitrogens with zero attached hydrogens (tertiary/aromatic N) is 4. The van der Waals surface area contributed by atoms with Crippen molar-refractivity contribution in [3.63, 3.8) is 0 Å². The van der Waals surface area contributed by atoms with E-state index >= 15 is 0 Å². The van der Waals surface area contributed by atoms with E-state index in [9.17, 15) is 18.0 Å². The molecule has 0 saturated carbocycles. The topological polar surface area (TPSA) is 75.6 Å². The number of hydrogen-bond donors (Lipinski definition) is 0. The maximum atomic E-state index is 13.3. The Morgan fingerprint density at radius 1 is 1.08 bits per heavy atom. The first kappa shape index (κ1) is 24.4. The molecule has 1 aliphatic heterocycles. The summed E-state index contributed by atoms with van der Waals surface area (Å²) >= 11 is 1.54. The first-order chi connectivity index (χ1) is 17.3. The number of hydrogen-bond acceptors (Lipinski definition) is 7. The molecule has 1 aliphatic rings. The van der Waals surface area contributed by atoms with Gasteiger partial charge in [-0.2, -0.15) is 13.2 Å². The average molecular weight is 517 g/mol. The lowest BCUT2D eigenvalue weighted by molar-refractivity contribution is -0.137. The number of alkyl halides is 3. The predicted octanol–water partition coefficient (Wildman–Crippen LogP) is 5.39. The van der Waals surface area contributed by atoms with Crippen LogP contribution in [0, 0.1) is 6.92 Å². The van der Waals surface area contributed by atoms with Crippen LogP contribution in [0.1, 0.15) is 33.3 Å². The predicted molar refractivity (Wildman–Crippen MR) is 127 cm³/mol. The summed E-state index contributed by atoms with van der Waals surface area (Å²) in [5.74, 6) is 1.67. The van der Waals surface area contributed by atoms with Gasteiger partial charge in [-0.25, -0.2) is 4.98 Å². The lowest BCUT2D eigenvalue weighted by atomic mass is 10.2. The number of carbonyl (C=O) groups is 1. The molecule has 2 aromatic carbocycles. The first-order valence-electron chi connectivity index (χ1n) is 11.4. The molecular weight excluding hydrogens is 493 g/mol. The highest BCUT2D eigenvalue weighted by Crippen LogP contribution is 2.32. The van der Waals surface area contributed by atoms with Gasteiger partial charge in [0.2, 0.25) is 5.89 Å². The smallest absolute Gasteiger partial charge is 0.416 e. The molecule has 0 radical (unpaired) electrons.